The van der Waals surface area contributed by atoms with Crippen LogP contribution in [0, 0.1) is 13.8 Å². The number of allylic oxidation sites excluding steroid dienone is 1. The van der Waals surface area contributed by atoms with Gasteiger partial charge in [0, 0.05) is 21.8 Å². The molecule has 29 heavy (non-hydrogen) atoms. The van der Waals surface area contributed by atoms with Gasteiger partial charge in [0.2, 0.25) is 5.89 Å². The summed E-state index contributed by atoms with van der Waals surface area (Å²) in [6.45, 7) is 4.09. The van der Waals surface area contributed by atoms with Crippen LogP contribution in [0.3, 0.4) is 0 Å². The summed E-state index contributed by atoms with van der Waals surface area (Å²) in [5.41, 5.74) is 6.62. The normalized spacial score (nSPS) is 11.9. The summed E-state index contributed by atoms with van der Waals surface area (Å²) in [6, 6.07) is 17.3. The lowest BCUT2D eigenvalue weighted by Crippen LogP contribution is -1.78. The van der Waals surface area contributed by atoms with Crippen LogP contribution in [-0.4, -0.2) is 11.2 Å². The number of benzene rings is 3. The van der Waals surface area contributed by atoms with Gasteiger partial charge in [-0.25, -0.2) is 4.98 Å². The smallest absolute Gasteiger partial charge is 0.227 e. The predicted molar refractivity (Wildman–Crippen MR) is 123 cm³/mol. The van der Waals surface area contributed by atoms with E-state index in [1.54, 1.807) is 18.3 Å². The first-order chi connectivity index (χ1) is 14.0. The van der Waals surface area contributed by atoms with Crippen molar-refractivity contribution in [2.24, 2.45) is 4.99 Å². The zero-order valence-electron chi connectivity index (χ0n) is 16.0. The molecule has 4 aromatic rings. The van der Waals surface area contributed by atoms with E-state index in [0.717, 1.165) is 33.5 Å². The largest absolute Gasteiger partial charge is 0.436 e. The summed E-state index contributed by atoms with van der Waals surface area (Å²) in [5, 5.41) is 1.22. The maximum Gasteiger partial charge on any atom is 0.227 e. The Bertz CT molecular complexity index is 1240. The standard InChI is InChI=1S/C24H18Cl2N2O/c1-15-12-16(2)23-22(13-15)28-24(29-23)18-6-9-20(10-7-18)27-11-3-4-17-5-8-19(25)14-21(17)26/h3-14H,1-2H3. The molecule has 0 aliphatic carbocycles. The minimum absolute atomic E-state index is 0.607. The quantitative estimate of drug-likeness (QED) is 0.315. The molecule has 0 aliphatic heterocycles. The van der Waals surface area contributed by atoms with Crippen LogP contribution in [-0.2, 0) is 0 Å². The minimum Gasteiger partial charge on any atom is -0.436 e. The van der Waals surface area contributed by atoms with E-state index in [1.165, 1.54) is 5.56 Å². The molecule has 0 spiro atoms. The van der Waals surface area contributed by atoms with Crippen molar-refractivity contribution < 1.29 is 4.42 Å². The van der Waals surface area contributed by atoms with Crippen molar-refractivity contribution in [3.8, 4) is 11.5 Å². The molecule has 0 amide bonds. The van der Waals surface area contributed by atoms with Crippen LogP contribution in [0.1, 0.15) is 16.7 Å². The number of aromatic nitrogens is 1. The van der Waals surface area contributed by atoms with Crippen LogP contribution in [0.4, 0.5) is 5.69 Å². The van der Waals surface area contributed by atoms with Crippen molar-refractivity contribution in [3.05, 3.63) is 87.4 Å². The molecule has 0 aliphatic rings. The zero-order valence-corrected chi connectivity index (χ0v) is 17.5. The number of oxazole rings is 1. The second-order valence-corrected chi connectivity index (χ2v) is 7.64. The Balaban J connectivity index is 1.50. The van der Waals surface area contributed by atoms with Gasteiger partial charge in [-0.2, -0.15) is 0 Å². The summed E-state index contributed by atoms with van der Waals surface area (Å²) < 4.78 is 5.96. The van der Waals surface area contributed by atoms with Gasteiger partial charge in [-0.1, -0.05) is 41.4 Å². The van der Waals surface area contributed by atoms with E-state index < -0.39 is 0 Å². The number of rotatable bonds is 4. The van der Waals surface area contributed by atoms with Crippen molar-refractivity contribution in [1.82, 2.24) is 4.98 Å². The fraction of sp³-hybridized carbons (Fsp3) is 0.0833. The number of hydrogen-bond donors (Lipinski definition) is 0. The third-order valence-corrected chi connectivity index (χ3v) is 5.04. The van der Waals surface area contributed by atoms with Crippen molar-refractivity contribution in [3.63, 3.8) is 0 Å². The van der Waals surface area contributed by atoms with Gasteiger partial charge in [-0.3, -0.25) is 4.99 Å². The van der Waals surface area contributed by atoms with Crippen LogP contribution in [0.2, 0.25) is 10.0 Å². The van der Waals surface area contributed by atoms with Gasteiger partial charge >= 0.3 is 0 Å². The summed E-state index contributed by atoms with van der Waals surface area (Å²) in [4.78, 5) is 9.06. The van der Waals surface area contributed by atoms with Crippen molar-refractivity contribution in [2.45, 2.75) is 13.8 Å². The molecule has 0 bridgehead atoms. The average Bonchev–Trinajstić information content (AvgIpc) is 3.11. The molecule has 144 valence electrons. The molecule has 0 atom stereocenters. The van der Waals surface area contributed by atoms with Gasteiger partial charge in [0.15, 0.2) is 5.58 Å². The Morgan fingerprint density at radius 2 is 1.76 bits per heavy atom. The van der Waals surface area contributed by atoms with Crippen LogP contribution < -0.4 is 0 Å². The number of halogens is 2. The molecule has 3 nitrogen and oxygen atoms in total. The second kappa shape index (κ2) is 8.24. The SMILES string of the molecule is Cc1cc(C)c2oc(-c3ccc(N=CC=Cc4ccc(Cl)cc4Cl)cc3)nc2c1. The highest BCUT2D eigenvalue weighted by Gasteiger charge is 2.10. The van der Waals surface area contributed by atoms with E-state index in [1.807, 2.05) is 55.5 Å². The Labute approximate surface area is 179 Å². The predicted octanol–water partition coefficient (Wildman–Crippen LogP) is 7.83. The molecule has 1 aromatic heterocycles. The fourth-order valence-corrected chi connectivity index (χ4v) is 3.57. The van der Waals surface area contributed by atoms with Crippen LogP contribution in [0.15, 0.2) is 70.1 Å². The van der Waals surface area contributed by atoms with Gasteiger partial charge in [-0.05, 0) is 79.1 Å². The highest BCUT2D eigenvalue weighted by atomic mass is 35.5. The Morgan fingerprint density at radius 1 is 0.966 bits per heavy atom. The molecule has 0 radical (unpaired) electrons. The maximum atomic E-state index is 6.15. The first kappa shape index (κ1) is 19.4. The number of aliphatic imine (C=N–C) groups is 1. The van der Waals surface area contributed by atoms with Crippen molar-refractivity contribution >= 4 is 52.3 Å². The summed E-state index contributed by atoms with van der Waals surface area (Å²) >= 11 is 12.1. The van der Waals surface area contributed by atoms with Gasteiger partial charge in [0.25, 0.3) is 0 Å². The molecular formula is C24H18Cl2N2O. The van der Waals surface area contributed by atoms with E-state index in [0.29, 0.717) is 15.9 Å². The molecule has 0 saturated heterocycles. The monoisotopic (exact) mass is 420 g/mol. The topological polar surface area (TPSA) is 38.4 Å². The second-order valence-electron chi connectivity index (χ2n) is 6.80. The van der Waals surface area contributed by atoms with Gasteiger partial charge in [0.05, 0.1) is 5.69 Å². The Morgan fingerprint density at radius 3 is 2.52 bits per heavy atom. The van der Waals surface area contributed by atoms with E-state index in [4.69, 9.17) is 27.6 Å². The Kier molecular flexibility index (Phi) is 5.52. The lowest BCUT2D eigenvalue weighted by molar-refractivity contribution is 0.617. The molecule has 0 N–H and O–H groups in total. The van der Waals surface area contributed by atoms with E-state index in [9.17, 15) is 0 Å². The van der Waals surface area contributed by atoms with E-state index in [2.05, 4.69) is 23.0 Å². The zero-order chi connectivity index (χ0) is 20.4. The van der Waals surface area contributed by atoms with Crippen LogP contribution >= 0.6 is 23.2 Å². The highest BCUT2D eigenvalue weighted by molar-refractivity contribution is 6.35. The van der Waals surface area contributed by atoms with Gasteiger partial charge in [-0.15, -0.1) is 0 Å². The average molecular weight is 421 g/mol. The van der Waals surface area contributed by atoms with Crippen LogP contribution in [0.25, 0.3) is 28.6 Å². The number of fused-ring (bicyclic) bond motifs is 1. The fourth-order valence-electron chi connectivity index (χ4n) is 3.10. The van der Waals surface area contributed by atoms with E-state index >= 15 is 0 Å². The summed E-state index contributed by atoms with van der Waals surface area (Å²) in [6.07, 6.45) is 5.46. The number of hydrogen-bond acceptors (Lipinski definition) is 3. The lowest BCUT2D eigenvalue weighted by Gasteiger charge is -1.98. The molecule has 5 heteroatoms. The summed E-state index contributed by atoms with van der Waals surface area (Å²) in [5.74, 6) is 0.613. The number of nitrogens with zero attached hydrogens (tertiary/aromatic N) is 2. The van der Waals surface area contributed by atoms with Crippen molar-refractivity contribution in [2.75, 3.05) is 0 Å². The lowest BCUT2D eigenvalue weighted by atomic mass is 10.1. The highest BCUT2D eigenvalue weighted by Crippen LogP contribution is 2.28. The maximum absolute atomic E-state index is 6.15. The molecular weight excluding hydrogens is 403 g/mol. The minimum atomic E-state index is 0.607. The molecule has 1 heterocycles. The molecule has 3 aromatic carbocycles. The Hall–Kier alpha value is -2.88. The van der Waals surface area contributed by atoms with Gasteiger partial charge < -0.3 is 4.42 Å². The van der Waals surface area contributed by atoms with E-state index in [-0.39, 0.29) is 0 Å². The van der Waals surface area contributed by atoms with Crippen LogP contribution in [0.5, 0.6) is 0 Å². The summed E-state index contributed by atoms with van der Waals surface area (Å²) in [7, 11) is 0. The first-order valence-corrected chi connectivity index (χ1v) is 9.89. The molecule has 0 fully saturated rings. The first-order valence-electron chi connectivity index (χ1n) is 9.13. The third-order valence-electron chi connectivity index (χ3n) is 4.48. The number of aryl methyl sites for hydroxylation is 2. The molecule has 0 saturated carbocycles. The van der Waals surface area contributed by atoms with Gasteiger partial charge in [0.1, 0.15) is 5.52 Å². The molecule has 0 unspecified atom stereocenters. The van der Waals surface area contributed by atoms with Crippen molar-refractivity contribution in [1.29, 1.82) is 0 Å². The third kappa shape index (κ3) is 4.42. The molecule has 4 rings (SSSR count).